The lowest BCUT2D eigenvalue weighted by molar-refractivity contribution is -0.238. The molecule has 0 saturated carbocycles. The number of carbonyl (C=O) groups is 3. The number of esters is 2. The van der Waals surface area contributed by atoms with Gasteiger partial charge < -0.3 is 19.5 Å². The molecule has 1 N–H and O–H groups in total. The standard InChI is InChI=1S/C32H49NO6/c1-6-7-8-9-10-11-12-13-14-15-16-17-18-19-20-21-22-23-30(36)33-31-26(3)25(2)29(24-37-27(4)34)39-32(31)38-28(5)35/h7-8,10-11,13-14,16-17,19-20,25-26,29,31-32H,6,9,12,15,18,21-24H2,1-5H3,(H,33,36)/b8-7-,11-10-,14-13-,17-16-,20-19-/t25-,26-,29?,31?,32+/m0/s1. The second kappa shape index (κ2) is 21.0. The molecule has 0 aromatic carbocycles. The molecule has 1 aliphatic rings. The van der Waals surface area contributed by atoms with E-state index >= 15 is 0 Å². The summed E-state index contributed by atoms with van der Waals surface area (Å²) in [6.45, 7) is 8.81. The van der Waals surface area contributed by atoms with Gasteiger partial charge in [-0.05, 0) is 56.8 Å². The minimum absolute atomic E-state index is 0.0113. The van der Waals surface area contributed by atoms with Gasteiger partial charge in [-0.15, -0.1) is 0 Å². The number of carbonyl (C=O) groups excluding carboxylic acids is 3. The van der Waals surface area contributed by atoms with E-state index in [9.17, 15) is 14.4 Å². The molecule has 0 bridgehead atoms. The van der Waals surface area contributed by atoms with Gasteiger partial charge in [0.25, 0.3) is 0 Å². The molecule has 1 fully saturated rings. The lowest BCUT2D eigenvalue weighted by Crippen LogP contribution is -2.59. The van der Waals surface area contributed by atoms with Gasteiger partial charge in [-0.25, -0.2) is 0 Å². The number of allylic oxidation sites excluding steroid dienone is 10. The van der Waals surface area contributed by atoms with Gasteiger partial charge in [0, 0.05) is 20.3 Å². The molecule has 0 spiro atoms. The summed E-state index contributed by atoms with van der Waals surface area (Å²) in [6.07, 6.45) is 27.0. The van der Waals surface area contributed by atoms with Crippen molar-refractivity contribution >= 4 is 17.8 Å². The summed E-state index contributed by atoms with van der Waals surface area (Å²) in [5.74, 6) is -1.05. The third-order valence-electron chi connectivity index (χ3n) is 6.58. The third kappa shape index (κ3) is 15.9. The number of hydrogen-bond donors (Lipinski definition) is 1. The maximum Gasteiger partial charge on any atom is 0.305 e. The molecule has 0 aliphatic carbocycles. The zero-order chi connectivity index (χ0) is 28.9. The molecule has 1 saturated heterocycles. The summed E-state index contributed by atoms with van der Waals surface area (Å²) in [6, 6.07) is -0.473. The molecular formula is C32H49NO6. The average Bonchev–Trinajstić information content (AvgIpc) is 2.89. The average molecular weight is 544 g/mol. The van der Waals surface area contributed by atoms with Gasteiger partial charge >= 0.3 is 11.9 Å². The second-order valence-corrected chi connectivity index (χ2v) is 9.87. The van der Waals surface area contributed by atoms with Crippen molar-refractivity contribution < 1.29 is 28.6 Å². The predicted molar refractivity (Wildman–Crippen MR) is 156 cm³/mol. The Morgan fingerprint density at radius 3 is 1.82 bits per heavy atom. The minimum Gasteiger partial charge on any atom is -0.463 e. The first-order valence-corrected chi connectivity index (χ1v) is 14.3. The van der Waals surface area contributed by atoms with Crippen molar-refractivity contribution in [3.8, 4) is 0 Å². The maximum atomic E-state index is 12.6. The molecule has 0 aromatic rings. The SMILES string of the molecule is CC/C=C\C/C=C\C/C=C\C/C=C\C/C=C\CCCC(=O)NC1[C@H](OC(C)=O)OC(COC(C)=O)[C@@H](C)[C@@H]1C. The molecule has 7 nitrogen and oxygen atoms in total. The Balaban J connectivity index is 2.32. The van der Waals surface area contributed by atoms with E-state index in [0.717, 1.165) is 44.9 Å². The quantitative estimate of drug-likeness (QED) is 0.128. The van der Waals surface area contributed by atoms with Crippen LogP contribution in [-0.4, -0.2) is 42.9 Å². The Labute approximate surface area is 235 Å². The molecule has 39 heavy (non-hydrogen) atoms. The summed E-state index contributed by atoms with van der Waals surface area (Å²) in [5.41, 5.74) is 0. The van der Waals surface area contributed by atoms with Crippen LogP contribution in [0.15, 0.2) is 60.8 Å². The lowest BCUT2D eigenvalue weighted by Gasteiger charge is -2.44. The second-order valence-electron chi connectivity index (χ2n) is 9.87. The number of hydrogen-bond acceptors (Lipinski definition) is 6. The molecule has 0 aromatic heterocycles. The Morgan fingerprint density at radius 2 is 1.31 bits per heavy atom. The van der Waals surface area contributed by atoms with Crippen molar-refractivity contribution in [2.45, 2.75) is 104 Å². The van der Waals surface area contributed by atoms with Crippen LogP contribution < -0.4 is 5.32 Å². The molecule has 1 aliphatic heterocycles. The van der Waals surface area contributed by atoms with E-state index in [1.807, 2.05) is 13.8 Å². The molecule has 0 radical (unpaired) electrons. The summed E-state index contributed by atoms with van der Waals surface area (Å²) in [5, 5.41) is 3.00. The Kier molecular flexibility index (Phi) is 18.3. The molecule has 2 unspecified atom stereocenters. The number of ether oxygens (including phenoxy) is 3. The van der Waals surface area contributed by atoms with Gasteiger partial charge in [0.2, 0.25) is 12.2 Å². The Bertz CT molecular complexity index is 872. The summed E-state index contributed by atoms with van der Waals surface area (Å²) < 4.78 is 16.4. The fourth-order valence-corrected chi connectivity index (χ4v) is 4.16. The van der Waals surface area contributed by atoms with E-state index in [1.54, 1.807) is 0 Å². The number of nitrogens with one attached hydrogen (secondary N) is 1. The lowest BCUT2D eigenvalue weighted by atomic mass is 9.82. The van der Waals surface area contributed by atoms with Crippen LogP contribution in [0.1, 0.15) is 86.0 Å². The first-order valence-electron chi connectivity index (χ1n) is 14.3. The topological polar surface area (TPSA) is 90.9 Å². The van der Waals surface area contributed by atoms with Crippen LogP contribution in [0, 0.1) is 11.8 Å². The predicted octanol–water partition coefficient (Wildman–Crippen LogP) is 6.52. The van der Waals surface area contributed by atoms with Crippen molar-refractivity contribution in [3.63, 3.8) is 0 Å². The van der Waals surface area contributed by atoms with Crippen molar-refractivity contribution in [2.75, 3.05) is 6.61 Å². The Morgan fingerprint density at radius 1 is 0.769 bits per heavy atom. The summed E-state index contributed by atoms with van der Waals surface area (Å²) >= 11 is 0. The third-order valence-corrected chi connectivity index (χ3v) is 6.58. The zero-order valence-corrected chi connectivity index (χ0v) is 24.5. The van der Waals surface area contributed by atoms with Crippen molar-refractivity contribution in [2.24, 2.45) is 11.8 Å². The maximum absolute atomic E-state index is 12.6. The normalized spacial score (nSPS) is 23.9. The first-order chi connectivity index (χ1) is 18.8. The van der Waals surface area contributed by atoms with Gasteiger partial charge in [0.15, 0.2) is 0 Å². The van der Waals surface area contributed by atoms with Crippen LogP contribution in [0.3, 0.4) is 0 Å². The van der Waals surface area contributed by atoms with Gasteiger partial charge in [-0.2, -0.15) is 0 Å². The van der Waals surface area contributed by atoms with Gasteiger partial charge in [0.1, 0.15) is 6.61 Å². The van der Waals surface area contributed by atoms with Gasteiger partial charge in [-0.1, -0.05) is 81.5 Å². The molecule has 1 rings (SSSR count). The summed E-state index contributed by atoms with van der Waals surface area (Å²) in [7, 11) is 0. The van der Waals surface area contributed by atoms with Gasteiger partial charge in [0.05, 0.1) is 12.1 Å². The largest absolute Gasteiger partial charge is 0.463 e. The van der Waals surface area contributed by atoms with Crippen LogP contribution in [0.4, 0.5) is 0 Å². The van der Waals surface area contributed by atoms with E-state index in [-0.39, 0.29) is 24.3 Å². The molecule has 1 heterocycles. The number of unbranched alkanes of at least 4 members (excludes halogenated alkanes) is 1. The van der Waals surface area contributed by atoms with E-state index in [1.165, 1.54) is 13.8 Å². The molecule has 7 heteroatoms. The van der Waals surface area contributed by atoms with Crippen molar-refractivity contribution in [1.82, 2.24) is 5.32 Å². The van der Waals surface area contributed by atoms with E-state index in [4.69, 9.17) is 14.2 Å². The summed E-state index contributed by atoms with van der Waals surface area (Å²) in [4.78, 5) is 35.5. The number of rotatable bonds is 17. The minimum atomic E-state index is -0.927. The van der Waals surface area contributed by atoms with Crippen LogP contribution in [-0.2, 0) is 28.6 Å². The molecule has 218 valence electrons. The molecule has 5 atom stereocenters. The van der Waals surface area contributed by atoms with E-state index in [2.05, 4.69) is 73.0 Å². The highest BCUT2D eigenvalue weighted by atomic mass is 16.7. The van der Waals surface area contributed by atoms with Crippen LogP contribution in [0.5, 0.6) is 0 Å². The molecule has 1 amide bonds. The van der Waals surface area contributed by atoms with E-state index in [0.29, 0.717) is 6.42 Å². The Hall–Kier alpha value is -2.93. The highest BCUT2D eigenvalue weighted by molar-refractivity contribution is 5.76. The smallest absolute Gasteiger partial charge is 0.305 e. The monoisotopic (exact) mass is 543 g/mol. The van der Waals surface area contributed by atoms with Crippen LogP contribution in [0.25, 0.3) is 0 Å². The first kappa shape index (κ1) is 34.1. The molecular weight excluding hydrogens is 494 g/mol. The van der Waals surface area contributed by atoms with Gasteiger partial charge in [-0.3, -0.25) is 14.4 Å². The van der Waals surface area contributed by atoms with Crippen LogP contribution in [0.2, 0.25) is 0 Å². The van der Waals surface area contributed by atoms with Crippen molar-refractivity contribution in [1.29, 1.82) is 0 Å². The highest BCUT2D eigenvalue weighted by Gasteiger charge is 2.44. The fourth-order valence-electron chi connectivity index (χ4n) is 4.16. The van der Waals surface area contributed by atoms with Crippen molar-refractivity contribution in [3.05, 3.63) is 60.8 Å². The van der Waals surface area contributed by atoms with Crippen LogP contribution >= 0.6 is 0 Å². The van der Waals surface area contributed by atoms with E-state index < -0.39 is 30.4 Å². The number of amides is 1. The highest BCUT2D eigenvalue weighted by Crippen LogP contribution is 2.32. The fraction of sp³-hybridized carbons (Fsp3) is 0.594. The zero-order valence-electron chi connectivity index (χ0n) is 24.5.